The molecule has 0 atom stereocenters. The first-order chi connectivity index (χ1) is 14.1. The number of anilines is 1. The highest BCUT2D eigenvalue weighted by molar-refractivity contribution is 14.0. The summed E-state index contributed by atoms with van der Waals surface area (Å²) in [6.07, 6.45) is 2.77. The molecule has 30 heavy (non-hydrogen) atoms. The van der Waals surface area contributed by atoms with Crippen molar-refractivity contribution in [2.24, 2.45) is 4.99 Å². The molecule has 2 N–H and O–H groups in total. The number of amides is 1. The molecule has 0 spiro atoms. The molecule has 1 fully saturated rings. The van der Waals surface area contributed by atoms with Crippen LogP contribution in [0.15, 0.2) is 46.1 Å². The van der Waals surface area contributed by atoms with Crippen molar-refractivity contribution in [1.82, 2.24) is 20.3 Å². The number of aromatic nitrogens is 1. The van der Waals surface area contributed by atoms with Crippen LogP contribution in [0.1, 0.15) is 18.5 Å². The van der Waals surface area contributed by atoms with Gasteiger partial charge in [-0.3, -0.25) is 14.7 Å². The SMILES string of the molecule is CN=C(NCCCC(=O)Nc1ccc(Cl)cc1)N1CCN(Cc2ccon2)CC1.I. The Hall–Kier alpha value is -1.85. The Bertz CT molecular complexity index is 792. The van der Waals surface area contributed by atoms with Gasteiger partial charge in [0.1, 0.15) is 6.26 Å². The zero-order valence-corrected chi connectivity index (χ0v) is 20.1. The second-order valence-corrected chi connectivity index (χ2v) is 7.32. The molecular weight excluding hydrogens is 519 g/mol. The topological polar surface area (TPSA) is 86.0 Å². The number of nitrogens with zero attached hydrogens (tertiary/aromatic N) is 4. The number of carbonyl (C=O) groups is 1. The van der Waals surface area contributed by atoms with Crippen molar-refractivity contribution in [2.45, 2.75) is 19.4 Å². The first-order valence-electron chi connectivity index (χ1n) is 9.76. The van der Waals surface area contributed by atoms with Crippen LogP contribution in [0, 0.1) is 0 Å². The van der Waals surface area contributed by atoms with E-state index in [0.29, 0.717) is 18.0 Å². The number of guanidine groups is 1. The molecule has 0 unspecified atom stereocenters. The predicted octanol–water partition coefficient (Wildman–Crippen LogP) is 3.06. The van der Waals surface area contributed by atoms with E-state index in [-0.39, 0.29) is 29.9 Å². The van der Waals surface area contributed by atoms with Gasteiger partial charge in [-0.2, -0.15) is 0 Å². The maximum atomic E-state index is 12.1. The largest absolute Gasteiger partial charge is 0.364 e. The summed E-state index contributed by atoms with van der Waals surface area (Å²) in [7, 11) is 1.79. The minimum Gasteiger partial charge on any atom is -0.364 e. The molecule has 0 bridgehead atoms. The van der Waals surface area contributed by atoms with Gasteiger partial charge in [-0.15, -0.1) is 24.0 Å². The fourth-order valence-electron chi connectivity index (χ4n) is 3.20. The molecule has 3 rings (SSSR count). The maximum absolute atomic E-state index is 12.1. The number of aliphatic imine (C=N–C) groups is 1. The highest BCUT2D eigenvalue weighted by atomic mass is 127. The van der Waals surface area contributed by atoms with Gasteiger partial charge in [0.25, 0.3) is 0 Å². The molecule has 1 aliphatic heterocycles. The maximum Gasteiger partial charge on any atom is 0.224 e. The molecule has 1 saturated heterocycles. The smallest absolute Gasteiger partial charge is 0.224 e. The van der Waals surface area contributed by atoms with Gasteiger partial charge in [0, 0.05) is 69.5 Å². The minimum absolute atomic E-state index is 0. The number of hydrogen-bond donors (Lipinski definition) is 2. The van der Waals surface area contributed by atoms with Crippen LogP contribution >= 0.6 is 35.6 Å². The molecule has 1 amide bonds. The summed E-state index contributed by atoms with van der Waals surface area (Å²) in [5.41, 5.74) is 1.71. The minimum atomic E-state index is -0.00872. The fourth-order valence-corrected chi connectivity index (χ4v) is 3.33. The zero-order valence-electron chi connectivity index (χ0n) is 17.0. The Labute approximate surface area is 199 Å². The summed E-state index contributed by atoms with van der Waals surface area (Å²) in [6, 6.07) is 9.00. The lowest BCUT2D eigenvalue weighted by Crippen LogP contribution is -2.52. The average Bonchev–Trinajstić information content (AvgIpc) is 3.24. The van der Waals surface area contributed by atoms with Crippen molar-refractivity contribution in [3.8, 4) is 0 Å². The molecule has 0 radical (unpaired) electrons. The first kappa shape index (κ1) is 24.4. The molecule has 8 nitrogen and oxygen atoms in total. The van der Waals surface area contributed by atoms with E-state index in [1.165, 1.54) is 0 Å². The van der Waals surface area contributed by atoms with Crippen LogP contribution in [-0.4, -0.2) is 66.6 Å². The van der Waals surface area contributed by atoms with Crippen LogP contribution < -0.4 is 10.6 Å². The second kappa shape index (κ2) is 12.8. The second-order valence-electron chi connectivity index (χ2n) is 6.89. The Morgan fingerprint density at radius 1 is 1.20 bits per heavy atom. The number of piperazine rings is 1. The molecule has 0 saturated carbocycles. The molecule has 1 aromatic carbocycles. The van der Waals surface area contributed by atoms with E-state index in [4.69, 9.17) is 16.1 Å². The number of rotatable bonds is 7. The van der Waals surface area contributed by atoms with E-state index < -0.39 is 0 Å². The van der Waals surface area contributed by atoms with Gasteiger partial charge >= 0.3 is 0 Å². The third-order valence-corrected chi connectivity index (χ3v) is 5.00. The van der Waals surface area contributed by atoms with Gasteiger partial charge in [0.05, 0.1) is 5.69 Å². The van der Waals surface area contributed by atoms with Crippen molar-refractivity contribution in [3.05, 3.63) is 47.3 Å². The summed E-state index contributed by atoms with van der Waals surface area (Å²) >= 11 is 5.85. The summed E-state index contributed by atoms with van der Waals surface area (Å²) in [4.78, 5) is 21.0. The third kappa shape index (κ3) is 7.77. The molecular formula is C20H28ClIN6O2. The van der Waals surface area contributed by atoms with Crippen LogP contribution in [0.3, 0.4) is 0 Å². The summed E-state index contributed by atoms with van der Waals surface area (Å²) in [6.45, 7) is 5.18. The molecule has 2 heterocycles. The number of nitrogens with one attached hydrogen (secondary N) is 2. The Kier molecular flexibility index (Phi) is 10.4. The van der Waals surface area contributed by atoms with Crippen molar-refractivity contribution in [1.29, 1.82) is 0 Å². The molecule has 1 aliphatic rings. The van der Waals surface area contributed by atoms with Gasteiger partial charge in [0.2, 0.25) is 5.91 Å². The normalized spacial score (nSPS) is 14.9. The summed E-state index contributed by atoms with van der Waals surface area (Å²) in [5.74, 6) is 0.870. The van der Waals surface area contributed by atoms with Crippen LogP contribution in [0.2, 0.25) is 5.02 Å². The van der Waals surface area contributed by atoms with E-state index in [0.717, 1.165) is 56.5 Å². The lowest BCUT2D eigenvalue weighted by Gasteiger charge is -2.36. The average molecular weight is 547 g/mol. The van der Waals surface area contributed by atoms with E-state index in [1.807, 2.05) is 6.07 Å². The van der Waals surface area contributed by atoms with E-state index in [1.54, 1.807) is 37.6 Å². The number of benzene rings is 1. The van der Waals surface area contributed by atoms with Crippen LogP contribution in [0.4, 0.5) is 5.69 Å². The van der Waals surface area contributed by atoms with E-state index >= 15 is 0 Å². The van der Waals surface area contributed by atoms with Crippen LogP contribution in [0.5, 0.6) is 0 Å². The number of halogens is 2. The molecule has 2 aromatic rings. The predicted molar refractivity (Wildman–Crippen MR) is 129 cm³/mol. The molecule has 164 valence electrons. The van der Waals surface area contributed by atoms with Gasteiger partial charge in [-0.25, -0.2) is 0 Å². The Balaban J connectivity index is 0.00000320. The van der Waals surface area contributed by atoms with E-state index in [2.05, 4.69) is 30.6 Å². The third-order valence-electron chi connectivity index (χ3n) is 4.75. The van der Waals surface area contributed by atoms with Crippen LogP contribution in [-0.2, 0) is 11.3 Å². The lowest BCUT2D eigenvalue weighted by atomic mass is 10.2. The monoisotopic (exact) mass is 546 g/mol. The quantitative estimate of drug-likeness (QED) is 0.240. The fraction of sp³-hybridized carbons (Fsp3) is 0.450. The lowest BCUT2D eigenvalue weighted by molar-refractivity contribution is -0.116. The molecule has 10 heteroatoms. The van der Waals surface area contributed by atoms with Gasteiger partial charge < -0.3 is 20.1 Å². The first-order valence-corrected chi connectivity index (χ1v) is 10.1. The Morgan fingerprint density at radius 3 is 2.57 bits per heavy atom. The number of hydrogen-bond acceptors (Lipinski definition) is 5. The Morgan fingerprint density at radius 2 is 1.93 bits per heavy atom. The van der Waals surface area contributed by atoms with Crippen molar-refractivity contribution in [3.63, 3.8) is 0 Å². The van der Waals surface area contributed by atoms with Crippen molar-refractivity contribution >= 4 is 53.1 Å². The summed E-state index contributed by atoms with van der Waals surface area (Å²) < 4.78 is 4.89. The van der Waals surface area contributed by atoms with E-state index in [9.17, 15) is 4.79 Å². The van der Waals surface area contributed by atoms with Gasteiger partial charge in [-0.1, -0.05) is 16.8 Å². The standard InChI is InChI=1S/C20H27ClN6O2.HI/c1-22-20(27-12-10-26(11-13-27)15-18-8-14-29-25-18)23-9-2-3-19(28)24-17-6-4-16(21)5-7-17;/h4-8,14H,2-3,9-13,15H2,1H3,(H,22,23)(H,24,28);1H. The molecule has 0 aliphatic carbocycles. The number of carbonyl (C=O) groups excluding carboxylic acids is 1. The van der Waals surface area contributed by atoms with Crippen molar-refractivity contribution < 1.29 is 9.32 Å². The highest BCUT2D eigenvalue weighted by Crippen LogP contribution is 2.13. The zero-order chi connectivity index (χ0) is 20.5. The highest BCUT2D eigenvalue weighted by Gasteiger charge is 2.20. The van der Waals surface area contributed by atoms with Crippen LogP contribution in [0.25, 0.3) is 0 Å². The van der Waals surface area contributed by atoms with Gasteiger partial charge in [0.15, 0.2) is 5.96 Å². The van der Waals surface area contributed by atoms with Gasteiger partial charge in [-0.05, 0) is 30.7 Å². The summed E-state index contributed by atoms with van der Waals surface area (Å²) in [5, 5.41) is 10.9. The van der Waals surface area contributed by atoms with Crippen molar-refractivity contribution in [2.75, 3.05) is 45.1 Å². The molecule has 1 aromatic heterocycles.